The summed E-state index contributed by atoms with van der Waals surface area (Å²) < 4.78 is 33.7. The summed E-state index contributed by atoms with van der Waals surface area (Å²) in [6, 6.07) is 30.4. The van der Waals surface area contributed by atoms with Gasteiger partial charge >= 0.3 is 11.8 Å². The van der Waals surface area contributed by atoms with Gasteiger partial charge < -0.3 is 16.0 Å². The van der Waals surface area contributed by atoms with Crippen molar-refractivity contribution in [3.05, 3.63) is 126 Å². The molecule has 4 N–H and O–H groups in total. The summed E-state index contributed by atoms with van der Waals surface area (Å²) in [4.78, 5) is 38.2. The van der Waals surface area contributed by atoms with Crippen molar-refractivity contribution in [2.75, 3.05) is 16.0 Å². The molecule has 39 heavy (non-hydrogen) atoms. The maximum Gasteiger partial charge on any atom is 0.314 e. The molecule has 0 fully saturated rings. The molecular weight excluding hydrogens is 518 g/mol. The van der Waals surface area contributed by atoms with Gasteiger partial charge in [-0.05, 0) is 47.4 Å². The summed E-state index contributed by atoms with van der Waals surface area (Å²) in [5, 5.41) is 5.51. The highest BCUT2D eigenvalue weighted by Gasteiger charge is 2.33. The first-order chi connectivity index (χ1) is 18.7. The fourth-order valence-electron chi connectivity index (χ4n) is 3.94. The Bertz CT molecular complexity index is 1590. The van der Waals surface area contributed by atoms with Gasteiger partial charge in [0.1, 0.15) is 0 Å². The molecule has 1 unspecified atom stereocenters. The number of carbonyl (C=O) groups is 3. The minimum atomic E-state index is -4.81. The Balaban J connectivity index is 1.45. The first-order valence-corrected chi connectivity index (χ1v) is 13.4. The predicted octanol–water partition coefficient (Wildman–Crippen LogP) is 4.42. The average Bonchev–Trinajstić information content (AvgIpc) is 2.90. The number of benzene rings is 4. The van der Waals surface area contributed by atoms with Crippen molar-refractivity contribution < 1.29 is 27.4 Å². The zero-order valence-electron chi connectivity index (χ0n) is 20.6. The van der Waals surface area contributed by atoms with E-state index in [0.717, 1.165) is 11.1 Å². The molecule has 198 valence electrons. The number of nitrogens with one attached hydrogen (secondary N) is 3. The normalized spacial score (nSPS) is 11.7. The first-order valence-electron chi connectivity index (χ1n) is 11.9. The summed E-state index contributed by atoms with van der Waals surface area (Å²) in [6.45, 7) is 0. The van der Waals surface area contributed by atoms with E-state index in [1.54, 1.807) is 36.4 Å². The molecule has 3 amide bonds. The number of hydrogen-bond donors (Lipinski definition) is 4. The van der Waals surface area contributed by atoms with E-state index in [-0.39, 0.29) is 16.9 Å². The van der Waals surface area contributed by atoms with Crippen LogP contribution < -0.4 is 16.0 Å². The molecule has 4 aromatic rings. The third-order valence-electron chi connectivity index (χ3n) is 5.71. The van der Waals surface area contributed by atoms with Crippen LogP contribution in [0.2, 0.25) is 0 Å². The second-order valence-corrected chi connectivity index (χ2v) is 10.1. The largest absolute Gasteiger partial charge is 0.323 e. The van der Waals surface area contributed by atoms with E-state index in [4.69, 9.17) is 0 Å². The van der Waals surface area contributed by atoms with Crippen molar-refractivity contribution in [1.29, 1.82) is 0 Å². The molecule has 0 aliphatic carbocycles. The maximum atomic E-state index is 12.9. The summed E-state index contributed by atoms with van der Waals surface area (Å²) in [5.41, 5.74) is 2.64. The summed E-state index contributed by atoms with van der Waals surface area (Å²) in [5.74, 6) is -2.97. The lowest BCUT2D eigenvalue weighted by Gasteiger charge is -2.17. The zero-order chi connectivity index (χ0) is 27.8. The van der Waals surface area contributed by atoms with Crippen LogP contribution in [-0.2, 0) is 30.9 Å². The molecule has 0 spiro atoms. The Morgan fingerprint density at radius 3 is 1.82 bits per heavy atom. The number of rotatable bonds is 8. The topological polar surface area (TPSA) is 142 Å². The van der Waals surface area contributed by atoms with Gasteiger partial charge in [0, 0.05) is 5.69 Å². The summed E-state index contributed by atoms with van der Waals surface area (Å²) in [7, 11) is -4.81. The second kappa shape index (κ2) is 12.2. The van der Waals surface area contributed by atoms with E-state index < -0.39 is 33.1 Å². The van der Waals surface area contributed by atoms with Gasteiger partial charge in [0.15, 0.2) is 5.25 Å². The lowest BCUT2D eigenvalue weighted by atomic mass is 10.0. The second-order valence-electron chi connectivity index (χ2n) is 8.61. The minimum Gasteiger partial charge on any atom is -0.323 e. The molecule has 10 heteroatoms. The highest BCUT2D eigenvalue weighted by molar-refractivity contribution is 7.86. The number of anilines is 3. The predicted molar refractivity (Wildman–Crippen MR) is 149 cm³/mol. The van der Waals surface area contributed by atoms with Gasteiger partial charge in [-0.2, -0.15) is 8.42 Å². The molecule has 0 aliphatic rings. The highest BCUT2D eigenvalue weighted by atomic mass is 32.2. The van der Waals surface area contributed by atoms with E-state index >= 15 is 0 Å². The molecule has 0 radical (unpaired) electrons. The lowest BCUT2D eigenvalue weighted by Crippen LogP contribution is -2.30. The van der Waals surface area contributed by atoms with Gasteiger partial charge in [0.05, 0.1) is 11.4 Å². The molecule has 0 aliphatic heterocycles. The van der Waals surface area contributed by atoms with Gasteiger partial charge in [0.2, 0.25) is 5.91 Å². The Hall–Kier alpha value is -4.80. The van der Waals surface area contributed by atoms with Crippen LogP contribution in [0.3, 0.4) is 0 Å². The molecule has 1 atom stereocenters. The zero-order valence-corrected chi connectivity index (χ0v) is 21.4. The quantitative estimate of drug-likeness (QED) is 0.191. The van der Waals surface area contributed by atoms with Crippen LogP contribution in [0.25, 0.3) is 0 Å². The molecule has 9 nitrogen and oxygen atoms in total. The van der Waals surface area contributed by atoms with Crippen molar-refractivity contribution >= 4 is 44.9 Å². The van der Waals surface area contributed by atoms with Crippen LogP contribution in [0.5, 0.6) is 0 Å². The number of para-hydroxylation sites is 2. The standard InChI is InChI=1S/C29H25N3O6S/c33-27(26(39(36,37)38)22-13-5-2-6-14-22)31-24-16-7-8-17-25(24)32-29(35)28(34)30-23-15-9-12-21(19-23)18-20-10-3-1-4-11-20/h1-17,19,26H,18H2,(H,30,34)(H,31,33)(H,32,35)(H,36,37,38). The smallest absolute Gasteiger partial charge is 0.314 e. The van der Waals surface area contributed by atoms with Crippen LogP contribution in [0.15, 0.2) is 109 Å². The van der Waals surface area contributed by atoms with Crippen LogP contribution in [-0.4, -0.2) is 30.7 Å². The lowest BCUT2D eigenvalue weighted by molar-refractivity contribution is -0.132. The van der Waals surface area contributed by atoms with Crippen molar-refractivity contribution in [2.24, 2.45) is 0 Å². The van der Waals surface area contributed by atoms with Crippen LogP contribution in [0.4, 0.5) is 17.1 Å². The van der Waals surface area contributed by atoms with Crippen LogP contribution >= 0.6 is 0 Å². The van der Waals surface area contributed by atoms with E-state index in [1.165, 1.54) is 36.4 Å². The van der Waals surface area contributed by atoms with Crippen LogP contribution in [0, 0.1) is 0 Å². The molecule has 0 bridgehead atoms. The molecule has 0 heterocycles. The van der Waals surface area contributed by atoms with Gasteiger partial charge in [0.25, 0.3) is 10.1 Å². The van der Waals surface area contributed by atoms with E-state index in [0.29, 0.717) is 12.1 Å². The molecular formula is C29H25N3O6S. The van der Waals surface area contributed by atoms with Crippen LogP contribution in [0.1, 0.15) is 21.9 Å². The SMILES string of the molecule is O=C(Nc1cccc(Cc2ccccc2)c1)C(=O)Nc1ccccc1NC(=O)C(c1ccccc1)S(=O)(=O)O. The first kappa shape index (κ1) is 27.2. The monoisotopic (exact) mass is 543 g/mol. The average molecular weight is 544 g/mol. The summed E-state index contributed by atoms with van der Waals surface area (Å²) >= 11 is 0. The number of amides is 3. The Labute approximate surface area is 225 Å². The van der Waals surface area contributed by atoms with Crippen molar-refractivity contribution in [3.8, 4) is 0 Å². The minimum absolute atomic E-state index is 0.0399. The van der Waals surface area contributed by atoms with Gasteiger partial charge in [-0.3, -0.25) is 18.9 Å². The van der Waals surface area contributed by atoms with Gasteiger partial charge in [-0.15, -0.1) is 0 Å². The number of hydrogen-bond acceptors (Lipinski definition) is 5. The Morgan fingerprint density at radius 1 is 0.641 bits per heavy atom. The Morgan fingerprint density at radius 2 is 1.18 bits per heavy atom. The van der Waals surface area contributed by atoms with Crippen molar-refractivity contribution in [3.63, 3.8) is 0 Å². The maximum absolute atomic E-state index is 12.9. The highest BCUT2D eigenvalue weighted by Crippen LogP contribution is 2.27. The fourth-order valence-corrected chi connectivity index (χ4v) is 4.77. The van der Waals surface area contributed by atoms with Crippen molar-refractivity contribution in [2.45, 2.75) is 11.7 Å². The molecule has 4 rings (SSSR count). The molecule has 0 aromatic heterocycles. The third-order valence-corrected chi connectivity index (χ3v) is 6.80. The van der Waals surface area contributed by atoms with E-state index in [1.807, 2.05) is 36.4 Å². The van der Waals surface area contributed by atoms with Gasteiger partial charge in [-0.25, -0.2) is 0 Å². The van der Waals surface area contributed by atoms with E-state index in [2.05, 4.69) is 16.0 Å². The molecule has 0 saturated carbocycles. The summed E-state index contributed by atoms with van der Waals surface area (Å²) in [6.07, 6.45) is 0.650. The van der Waals surface area contributed by atoms with E-state index in [9.17, 15) is 27.4 Å². The third kappa shape index (κ3) is 7.37. The molecule has 4 aromatic carbocycles. The Kier molecular flexibility index (Phi) is 8.50. The number of carbonyl (C=O) groups excluding carboxylic acids is 3. The van der Waals surface area contributed by atoms with Crippen molar-refractivity contribution in [1.82, 2.24) is 0 Å². The molecule has 0 saturated heterocycles. The fraction of sp³-hybridized carbons (Fsp3) is 0.0690. The van der Waals surface area contributed by atoms with Gasteiger partial charge in [-0.1, -0.05) is 84.9 Å².